The molecule has 6 nitrogen and oxygen atoms in total. The Kier molecular flexibility index (Phi) is 5.18. The number of rotatable bonds is 5. The Hall–Kier alpha value is -3.97. The van der Waals surface area contributed by atoms with E-state index in [0.29, 0.717) is 23.4 Å². The standard InChI is InChI=1S/C26H21N3O3S/c1-33(31,32)29-19-15-24(25(27-16-19)17-8-3-2-4-9-17)28-26(30)22-13-7-12-21-20-11-6-5-10-18(20)14-23(21)22/h2-13,15-16,29H,14H2,1H3,(H,28,30). The van der Waals surface area contributed by atoms with Crippen LogP contribution in [0, 0.1) is 0 Å². The number of amides is 1. The summed E-state index contributed by atoms with van der Waals surface area (Å²) < 4.78 is 25.9. The second-order valence-corrected chi connectivity index (χ2v) is 9.73. The van der Waals surface area contributed by atoms with Gasteiger partial charge in [-0.1, -0.05) is 66.7 Å². The summed E-state index contributed by atoms with van der Waals surface area (Å²) in [5, 5.41) is 2.97. The van der Waals surface area contributed by atoms with Gasteiger partial charge in [-0.05, 0) is 40.8 Å². The molecule has 4 aromatic rings. The van der Waals surface area contributed by atoms with Gasteiger partial charge in [-0.3, -0.25) is 14.5 Å². The predicted octanol–water partition coefficient (Wildman–Crippen LogP) is 4.94. The lowest BCUT2D eigenvalue weighted by atomic mass is 10.0. The number of hydrogen-bond donors (Lipinski definition) is 2. The Labute approximate surface area is 192 Å². The first-order valence-electron chi connectivity index (χ1n) is 10.4. The fourth-order valence-corrected chi connectivity index (χ4v) is 4.76. The van der Waals surface area contributed by atoms with Crippen LogP contribution in [0.15, 0.2) is 85.1 Å². The monoisotopic (exact) mass is 455 g/mol. The van der Waals surface area contributed by atoms with Crippen LogP contribution in [-0.4, -0.2) is 25.6 Å². The highest BCUT2D eigenvalue weighted by Crippen LogP contribution is 2.38. The predicted molar refractivity (Wildman–Crippen MR) is 131 cm³/mol. The van der Waals surface area contributed by atoms with E-state index in [1.165, 1.54) is 11.8 Å². The fraction of sp³-hybridized carbons (Fsp3) is 0.0769. The van der Waals surface area contributed by atoms with Crippen LogP contribution in [0.3, 0.4) is 0 Å². The topological polar surface area (TPSA) is 88.2 Å². The van der Waals surface area contributed by atoms with Crippen molar-refractivity contribution in [2.75, 3.05) is 16.3 Å². The Bertz CT molecular complexity index is 1480. The number of benzene rings is 3. The summed E-state index contributed by atoms with van der Waals surface area (Å²) in [6, 6.07) is 24.9. The Morgan fingerprint density at radius 2 is 1.64 bits per heavy atom. The zero-order chi connectivity index (χ0) is 23.0. The van der Waals surface area contributed by atoms with E-state index in [1.807, 2.05) is 60.7 Å². The highest BCUT2D eigenvalue weighted by atomic mass is 32.2. The molecule has 5 rings (SSSR count). The maximum absolute atomic E-state index is 13.4. The summed E-state index contributed by atoms with van der Waals surface area (Å²) >= 11 is 0. The number of sulfonamides is 1. The summed E-state index contributed by atoms with van der Waals surface area (Å²) in [5.41, 5.74) is 7.04. The van der Waals surface area contributed by atoms with Gasteiger partial charge in [-0.25, -0.2) is 8.42 Å². The highest BCUT2D eigenvalue weighted by Gasteiger charge is 2.24. The van der Waals surface area contributed by atoms with E-state index in [9.17, 15) is 13.2 Å². The van der Waals surface area contributed by atoms with Crippen molar-refractivity contribution >= 4 is 27.3 Å². The molecule has 1 aliphatic rings. The second kappa shape index (κ2) is 8.18. The molecule has 2 N–H and O–H groups in total. The van der Waals surface area contributed by atoms with Crippen LogP contribution >= 0.6 is 0 Å². The summed E-state index contributed by atoms with van der Waals surface area (Å²) in [4.78, 5) is 17.9. The van der Waals surface area contributed by atoms with E-state index < -0.39 is 10.0 Å². The minimum atomic E-state index is -3.49. The first-order chi connectivity index (χ1) is 15.9. The minimum absolute atomic E-state index is 0.268. The number of nitrogens with zero attached hydrogens (tertiary/aromatic N) is 1. The van der Waals surface area contributed by atoms with Crippen LogP contribution in [0.4, 0.5) is 11.4 Å². The lowest BCUT2D eigenvalue weighted by molar-refractivity contribution is 0.102. The van der Waals surface area contributed by atoms with Crippen molar-refractivity contribution < 1.29 is 13.2 Å². The zero-order valence-electron chi connectivity index (χ0n) is 17.9. The fourth-order valence-electron chi connectivity index (χ4n) is 4.22. The molecule has 0 atom stereocenters. The number of pyridine rings is 1. The lowest BCUT2D eigenvalue weighted by Crippen LogP contribution is -2.16. The average Bonchev–Trinajstić information content (AvgIpc) is 3.17. The molecule has 0 saturated heterocycles. The molecule has 1 heterocycles. The van der Waals surface area contributed by atoms with Crippen LogP contribution in [0.1, 0.15) is 21.5 Å². The average molecular weight is 456 g/mol. The summed E-state index contributed by atoms with van der Waals surface area (Å²) in [7, 11) is -3.49. The SMILES string of the molecule is CS(=O)(=O)Nc1cnc(-c2ccccc2)c(NC(=O)c2cccc3c2Cc2ccccc2-3)c1. The number of anilines is 2. The van der Waals surface area contributed by atoms with Gasteiger partial charge in [0, 0.05) is 11.1 Å². The molecule has 33 heavy (non-hydrogen) atoms. The van der Waals surface area contributed by atoms with Gasteiger partial charge in [0.1, 0.15) is 0 Å². The molecule has 0 spiro atoms. The normalized spacial score (nSPS) is 12.0. The quantitative estimate of drug-likeness (QED) is 0.393. The molecule has 0 saturated carbocycles. The van der Waals surface area contributed by atoms with Crippen molar-refractivity contribution in [3.05, 3.63) is 102 Å². The Morgan fingerprint density at radius 1 is 0.909 bits per heavy atom. The molecule has 0 bridgehead atoms. The van der Waals surface area contributed by atoms with Crippen molar-refractivity contribution in [2.45, 2.75) is 6.42 Å². The third-order valence-electron chi connectivity index (χ3n) is 5.58. The molecular formula is C26H21N3O3S. The molecule has 3 aromatic carbocycles. The van der Waals surface area contributed by atoms with Gasteiger partial charge in [0.25, 0.3) is 5.91 Å². The first kappa shape index (κ1) is 20.9. The van der Waals surface area contributed by atoms with Gasteiger partial charge >= 0.3 is 0 Å². The van der Waals surface area contributed by atoms with Crippen LogP contribution in [0.5, 0.6) is 0 Å². The first-order valence-corrected chi connectivity index (χ1v) is 12.3. The smallest absolute Gasteiger partial charge is 0.256 e. The van der Waals surface area contributed by atoms with E-state index in [0.717, 1.165) is 28.5 Å². The lowest BCUT2D eigenvalue weighted by Gasteiger charge is -2.14. The second-order valence-electron chi connectivity index (χ2n) is 7.98. The van der Waals surface area contributed by atoms with Gasteiger partial charge in [0.05, 0.1) is 29.5 Å². The van der Waals surface area contributed by atoms with Crippen LogP contribution in [0.2, 0.25) is 0 Å². The van der Waals surface area contributed by atoms with Crippen molar-refractivity contribution in [3.63, 3.8) is 0 Å². The highest BCUT2D eigenvalue weighted by molar-refractivity contribution is 7.92. The molecule has 0 radical (unpaired) electrons. The molecule has 1 amide bonds. The van der Waals surface area contributed by atoms with Crippen molar-refractivity contribution in [2.24, 2.45) is 0 Å². The Morgan fingerprint density at radius 3 is 2.42 bits per heavy atom. The molecule has 7 heteroatoms. The van der Waals surface area contributed by atoms with Gasteiger partial charge in [-0.15, -0.1) is 0 Å². The molecule has 164 valence electrons. The molecule has 1 aliphatic carbocycles. The number of carbonyl (C=O) groups excluding carboxylic acids is 1. The van der Waals surface area contributed by atoms with Gasteiger partial charge in [-0.2, -0.15) is 0 Å². The number of aromatic nitrogens is 1. The zero-order valence-corrected chi connectivity index (χ0v) is 18.7. The molecule has 0 aliphatic heterocycles. The van der Waals surface area contributed by atoms with E-state index in [2.05, 4.69) is 27.2 Å². The van der Waals surface area contributed by atoms with Gasteiger partial charge in [0.2, 0.25) is 10.0 Å². The van der Waals surface area contributed by atoms with Crippen molar-refractivity contribution in [3.8, 4) is 22.4 Å². The number of nitrogens with one attached hydrogen (secondary N) is 2. The molecule has 1 aromatic heterocycles. The van der Waals surface area contributed by atoms with Crippen LogP contribution in [-0.2, 0) is 16.4 Å². The third-order valence-corrected chi connectivity index (χ3v) is 6.19. The largest absolute Gasteiger partial charge is 0.320 e. The van der Waals surface area contributed by atoms with Gasteiger partial charge in [0.15, 0.2) is 0 Å². The summed E-state index contributed by atoms with van der Waals surface area (Å²) in [5.74, 6) is -0.268. The summed E-state index contributed by atoms with van der Waals surface area (Å²) in [6.07, 6.45) is 3.20. The maximum atomic E-state index is 13.4. The van der Waals surface area contributed by atoms with E-state index >= 15 is 0 Å². The number of carbonyl (C=O) groups is 1. The number of hydrogen-bond acceptors (Lipinski definition) is 4. The maximum Gasteiger partial charge on any atom is 0.256 e. The molecule has 0 unspecified atom stereocenters. The molecule has 0 fully saturated rings. The third kappa shape index (κ3) is 4.23. The van der Waals surface area contributed by atoms with Crippen LogP contribution < -0.4 is 10.0 Å². The van der Waals surface area contributed by atoms with Gasteiger partial charge < -0.3 is 5.32 Å². The van der Waals surface area contributed by atoms with Crippen LogP contribution in [0.25, 0.3) is 22.4 Å². The number of fused-ring (bicyclic) bond motifs is 3. The van der Waals surface area contributed by atoms with E-state index in [4.69, 9.17) is 0 Å². The Balaban J connectivity index is 1.54. The van der Waals surface area contributed by atoms with Crippen molar-refractivity contribution in [1.82, 2.24) is 4.98 Å². The van der Waals surface area contributed by atoms with E-state index in [-0.39, 0.29) is 11.6 Å². The minimum Gasteiger partial charge on any atom is -0.320 e. The van der Waals surface area contributed by atoms with E-state index in [1.54, 1.807) is 6.07 Å². The molecular weight excluding hydrogens is 434 g/mol. The van der Waals surface area contributed by atoms with Crippen molar-refractivity contribution in [1.29, 1.82) is 0 Å². The summed E-state index contributed by atoms with van der Waals surface area (Å²) in [6.45, 7) is 0.